The van der Waals surface area contributed by atoms with Crippen LogP contribution in [-0.2, 0) is 0 Å². The zero-order valence-electron chi connectivity index (χ0n) is 7.64. The van der Waals surface area contributed by atoms with Gasteiger partial charge in [-0.25, -0.2) is 4.98 Å². The van der Waals surface area contributed by atoms with Crippen molar-refractivity contribution in [3.8, 4) is 0 Å². The molecule has 0 aliphatic heterocycles. The molecule has 0 atom stereocenters. The molecule has 2 nitrogen and oxygen atoms in total. The summed E-state index contributed by atoms with van der Waals surface area (Å²) in [5.74, 6) is 0.294. The van der Waals surface area contributed by atoms with Crippen molar-refractivity contribution in [3.63, 3.8) is 0 Å². The second kappa shape index (κ2) is 3.83. The highest BCUT2D eigenvalue weighted by Crippen LogP contribution is 2.05. The number of benzene rings is 1. The molecule has 2 heteroatoms. The summed E-state index contributed by atoms with van der Waals surface area (Å²) in [7, 11) is 0. The highest BCUT2D eigenvalue weighted by atomic mass is 16.1. The molecule has 2 rings (SSSR count). The molecule has 1 aromatic carbocycles. The Balaban J connectivity index is 2.35. The maximum atomic E-state index is 9.89. The van der Waals surface area contributed by atoms with Gasteiger partial charge in [0.15, 0.2) is 12.4 Å². The fourth-order valence-electron chi connectivity index (χ4n) is 1.30. The van der Waals surface area contributed by atoms with E-state index in [-0.39, 0.29) is 0 Å². The summed E-state index contributed by atoms with van der Waals surface area (Å²) < 4.78 is 0. The van der Waals surface area contributed by atoms with E-state index in [4.69, 9.17) is 0 Å². The van der Waals surface area contributed by atoms with E-state index in [9.17, 15) is 4.79 Å². The first-order chi connectivity index (χ1) is 6.88. The molecular weight excluding hydrogens is 174 g/mol. The van der Waals surface area contributed by atoms with E-state index in [1.165, 1.54) is 0 Å². The third-order valence-corrected chi connectivity index (χ3v) is 2.03. The molecule has 0 fully saturated rings. The number of carbonyl (C=O) groups excluding carboxylic acids is 1. The Morgan fingerprint density at radius 2 is 1.64 bits per heavy atom. The molecule has 0 amide bonds. The number of H-pyrrole nitrogens is 1. The zero-order valence-corrected chi connectivity index (χ0v) is 7.64. The minimum atomic E-state index is 0.294. The van der Waals surface area contributed by atoms with Gasteiger partial charge in [0.05, 0.1) is 5.56 Å². The lowest BCUT2D eigenvalue weighted by atomic mass is 10.1. The number of rotatable bonds is 2. The number of ketones is 1. The molecule has 1 heterocycles. The predicted molar refractivity (Wildman–Crippen MR) is 54.6 cm³/mol. The molecule has 0 aliphatic rings. The van der Waals surface area contributed by atoms with Crippen molar-refractivity contribution in [2.24, 2.45) is 0 Å². The van der Waals surface area contributed by atoms with Gasteiger partial charge in [-0.1, -0.05) is 18.2 Å². The Bertz CT molecular complexity index is 381. The van der Waals surface area contributed by atoms with Gasteiger partial charge in [-0.05, 0) is 18.2 Å². The third kappa shape index (κ3) is 1.69. The third-order valence-electron chi connectivity index (χ3n) is 2.03. The van der Waals surface area contributed by atoms with Gasteiger partial charge in [0.2, 0.25) is 0 Å². The lowest BCUT2D eigenvalue weighted by molar-refractivity contribution is -0.378. The van der Waals surface area contributed by atoms with Crippen LogP contribution in [0.25, 0.3) is 0 Å². The zero-order chi connectivity index (χ0) is 9.80. The van der Waals surface area contributed by atoms with Crippen LogP contribution in [0.3, 0.4) is 0 Å². The van der Waals surface area contributed by atoms with Crippen LogP contribution in [-0.4, -0.2) is 10.6 Å². The molecule has 68 valence electrons. The number of pyridine rings is 1. The number of aromatic amines is 1. The van der Waals surface area contributed by atoms with Gasteiger partial charge in [-0.2, -0.15) is 0 Å². The molecular formula is C12H11NO+2. The van der Waals surface area contributed by atoms with Crippen LogP contribution in [0.2, 0.25) is 0 Å². The second-order valence-corrected chi connectivity index (χ2v) is 3.01. The largest absolute Gasteiger partial charge is 0.360 e. The lowest BCUT2D eigenvalue weighted by Crippen LogP contribution is -2.08. The first-order valence-corrected chi connectivity index (χ1v) is 4.46. The summed E-state index contributed by atoms with van der Waals surface area (Å²) >= 11 is 0. The van der Waals surface area contributed by atoms with Crippen molar-refractivity contribution in [1.82, 2.24) is 0 Å². The average molecular weight is 185 g/mol. The minimum Gasteiger partial charge on any atom is -0.272 e. The predicted octanol–water partition coefficient (Wildman–Crippen LogP) is 1.44. The Kier molecular flexibility index (Phi) is 2.36. The van der Waals surface area contributed by atoms with Crippen molar-refractivity contribution in [2.75, 3.05) is 0 Å². The van der Waals surface area contributed by atoms with Gasteiger partial charge in [0, 0.05) is 6.07 Å². The standard InChI is InChI=1S/C12H9NO/c14-12(10-5-2-1-3-6-10)11-7-4-8-13-9-11/h1-9H/p+2. The van der Waals surface area contributed by atoms with E-state index >= 15 is 0 Å². The van der Waals surface area contributed by atoms with Gasteiger partial charge in [0.1, 0.15) is 5.56 Å². The molecule has 0 spiro atoms. The van der Waals surface area contributed by atoms with Gasteiger partial charge in [-0.3, -0.25) is 4.79 Å². The minimum absolute atomic E-state index is 0.294. The molecule has 0 saturated heterocycles. The van der Waals surface area contributed by atoms with Crippen LogP contribution < -0.4 is 4.98 Å². The summed E-state index contributed by atoms with van der Waals surface area (Å²) in [5, 5.41) is 0. The molecule has 0 saturated carbocycles. The van der Waals surface area contributed by atoms with Crippen LogP contribution in [0.5, 0.6) is 0 Å². The first kappa shape index (κ1) is 8.63. The summed E-state index contributed by atoms with van der Waals surface area (Å²) in [4.78, 5) is 12.8. The van der Waals surface area contributed by atoms with Crippen LogP contribution >= 0.6 is 0 Å². The van der Waals surface area contributed by atoms with E-state index in [1.807, 2.05) is 48.7 Å². The Hall–Kier alpha value is -1.96. The van der Waals surface area contributed by atoms with Crippen molar-refractivity contribution < 1.29 is 9.78 Å². The van der Waals surface area contributed by atoms with Crippen molar-refractivity contribution in [1.29, 1.82) is 0 Å². The van der Waals surface area contributed by atoms with E-state index in [0.29, 0.717) is 5.78 Å². The monoisotopic (exact) mass is 185 g/mol. The van der Waals surface area contributed by atoms with Crippen molar-refractivity contribution in [3.05, 3.63) is 66.0 Å². The van der Waals surface area contributed by atoms with E-state index < -0.39 is 0 Å². The van der Waals surface area contributed by atoms with Gasteiger partial charge < -0.3 is 0 Å². The molecule has 2 N–H and O–H groups in total. The number of hydrogen-bond acceptors (Lipinski definition) is 0. The number of hydrogen-bond donors (Lipinski definition) is 0. The Morgan fingerprint density at radius 1 is 0.929 bits per heavy atom. The maximum Gasteiger partial charge on any atom is 0.360 e. The van der Waals surface area contributed by atoms with E-state index in [1.54, 1.807) is 6.20 Å². The lowest BCUT2D eigenvalue weighted by Gasteiger charge is -1.91. The normalized spacial score (nSPS) is 9.71. The van der Waals surface area contributed by atoms with E-state index in [2.05, 4.69) is 4.98 Å². The van der Waals surface area contributed by atoms with Crippen LogP contribution in [0.4, 0.5) is 0 Å². The summed E-state index contributed by atoms with van der Waals surface area (Å²) in [5.41, 5.74) is 1.62. The maximum absolute atomic E-state index is 9.89. The fraction of sp³-hybridized carbons (Fsp3) is 0. The quantitative estimate of drug-likeness (QED) is 0.501. The Labute approximate surface area is 82.2 Å². The molecule has 0 aliphatic carbocycles. The number of aromatic nitrogens is 1. The molecule has 2 aromatic rings. The van der Waals surface area contributed by atoms with Gasteiger partial charge in [-0.15, -0.1) is 0 Å². The smallest absolute Gasteiger partial charge is 0.272 e. The summed E-state index contributed by atoms with van der Waals surface area (Å²) in [6.45, 7) is 0. The molecule has 0 radical (unpaired) electrons. The molecule has 0 bridgehead atoms. The van der Waals surface area contributed by atoms with Crippen molar-refractivity contribution >= 4 is 5.78 Å². The molecule has 1 aromatic heterocycles. The SMILES string of the molecule is [OH+]=C(c1ccccc1)c1ccc[nH+]c1. The highest BCUT2D eigenvalue weighted by molar-refractivity contribution is 6.09. The molecule has 14 heavy (non-hydrogen) atoms. The Morgan fingerprint density at radius 3 is 2.29 bits per heavy atom. The van der Waals surface area contributed by atoms with Gasteiger partial charge in [0.25, 0.3) is 0 Å². The van der Waals surface area contributed by atoms with E-state index in [0.717, 1.165) is 11.1 Å². The fourth-order valence-corrected chi connectivity index (χ4v) is 1.30. The number of nitrogens with one attached hydrogen (secondary N) is 1. The summed E-state index contributed by atoms with van der Waals surface area (Å²) in [6.07, 6.45) is 3.57. The van der Waals surface area contributed by atoms with Crippen LogP contribution in [0.15, 0.2) is 54.9 Å². The van der Waals surface area contributed by atoms with Crippen LogP contribution in [0, 0.1) is 0 Å². The average Bonchev–Trinajstić information content (AvgIpc) is 2.30. The van der Waals surface area contributed by atoms with Gasteiger partial charge >= 0.3 is 5.78 Å². The highest BCUT2D eigenvalue weighted by Gasteiger charge is 2.16. The molecule has 0 unspecified atom stereocenters. The first-order valence-electron chi connectivity index (χ1n) is 4.46. The van der Waals surface area contributed by atoms with Crippen molar-refractivity contribution in [2.45, 2.75) is 0 Å². The second-order valence-electron chi connectivity index (χ2n) is 3.01. The van der Waals surface area contributed by atoms with Crippen LogP contribution in [0.1, 0.15) is 11.1 Å². The topological polar surface area (TPSA) is 35.5 Å². The summed E-state index contributed by atoms with van der Waals surface area (Å²) in [6, 6.07) is 13.2.